The maximum absolute atomic E-state index is 12.0. The third-order valence-electron chi connectivity index (χ3n) is 5.18. The molecule has 0 bridgehead atoms. The first-order valence-corrected chi connectivity index (χ1v) is 11.6. The third kappa shape index (κ3) is 6.19. The molecule has 1 heterocycles. The number of nitrogens with zero attached hydrogens (tertiary/aromatic N) is 1. The zero-order chi connectivity index (χ0) is 20.9. The average molecular weight is 420 g/mol. The Hall–Kier alpha value is -2.09. The van der Waals surface area contributed by atoms with Crippen LogP contribution >= 0.6 is 0 Å². The number of sulfone groups is 1. The molecule has 0 spiro atoms. The lowest BCUT2D eigenvalue weighted by atomic mass is 10.1. The summed E-state index contributed by atoms with van der Waals surface area (Å²) in [6.45, 7) is 3.06. The van der Waals surface area contributed by atoms with Crippen LogP contribution < -0.4 is 9.47 Å². The van der Waals surface area contributed by atoms with Crippen molar-refractivity contribution in [1.29, 1.82) is 0 Å². The van der Waals surface area contributed by atoms with Crippen molar-refractivity contribution >= 4 is 9.84 Å². The van der Waals surface area contributed by atoms with E-state index in [1.54, 1.807) is 19.2 Å². The summed E-state index contributed by atoms with van der Waals surface area (Å²) >= 11 is 0. The lowest BCUT2D eigenvalue weighted by molar-refractivity contribution is 0.0517. The highest BCUT2D eigenvalue weighted by molar-refractivity contribution is 7.91. The lowest BCUT2D eigenvalue weighted by Gasteiger charge is -2.30. The SMILES string of the molecule is COc1ccccc1OC[C@@H](O)CN(Cc1ccc(C)cc1)[C@H]1CCS(=O)(=O)C1. The molecule has 1 fully saturated rings. The molecule has 3 rings (SSSR count). The molecule has 6 nitrogen and oxygen atoms in total. The van der Waals surface area contributed by atoms with Crippen molar-refractivity contribution in [3.8, 4) is 11.5 Å². The maximum atomic E-state index is 12.0. The van der Waals surface area contributed by atoms with Gasteiger partial charge in [0, 0.05) is 19.1 Å². The largest absolute Gasteiger partial charge is 0.493 e. The topological polar surface area (TPSA) is 76.1 Å². The fourth-order valence-electron chi connectivity index (χ4n) is 3.58. The molecule has 0 aromatic heterocycles. The highest BCUT2D eigenvalue weighted by atomic mass is 32.2. The monoisotopic (exact) mass is 419 g/mol. The lowest BCUT2D eigenvalue weighted by Crippen LogP contribution is -2.42. The molecule has 29 heavy (non-hydrogen) atoms. The van der Waals surface area contributed by atoms with E-state index >= 15 is 0 Å². The predicted octanol–water partition coefficient (Wildman–Crippen LogP) is 2.43. The third-order valence-corrected chi connectivity index (χ3v) is 6.93. The van der Waals surface area contributed by atoms with E-state index < -0.39 is 15.9 Å². The molecule has 0 saturated carbocycles. The number of aliphatic hydroxyl groups excluding tert-OH is 1. The van der Waals surface area contributed by atoms with Gasteiger partial charge in [-0.1, -0.05) is 42.0 Å². The second-order valence-electron chi connectivity index (χ2n) is 7.59. The number of benzene rings is 2. The fourth-order valence-corrected chi connectivity index (χ4v) is 5.34. The van der Waals surface area contributed by atoms with Crippen molar-refractivity contribution < 1.29 is 23.0 Å². The molecular weight excluding hydrogens is 390 g/mol. The minimum atomic E-state index is -3.01. The molecule has 0 radical (unpaired) electrons. The van der Waals surface area contributed by atoms with Crippen molar-refractivity contribution in [2.24, 2.45) is 0 Å². The summed E-state index contributed by atoms with van der Waals surface area (Å²) in [4.78, 5) is 2.06. The summed E-state index contributed by atoms with van der Waals surface area (Å²) < 4.78 is 35.0. The van der Waals surface area contributed by atoms with Crippen LogP contribution in [0.5, 0.6) is 11.5 Å². The maximum Gasteiger partial charge on any atom is 0.161 e. The molecule has 0 aliphatic carbocycles. The van der Waals surface area contributed by atoms with E-state index in [1.165, 1.54) is 5.56 Å². The van der Waals surface area contributed by atoms with Crippen LogP contribution in [-0.2, 0) is 16.4 Å². The minimum Gasteiger partial charge on any atom is -0.493 e. The van der Waals surface area contributed by atoms with Crippen LogP contribution in [-0.4, -0.2) is 62.3 Å². The molecule has 158 valence electrons. The Balaban J connectivity index is 1.66. The van der Waals surface area contributed by atoms with Crippen LogP contribution in [0.25, 0.3) is 0 Å². The van der Waals surface area contributed by atoms with Crippen molar-refractivity contribution in [3.05, 3.63) is 59.7 Å². The van der Waals surface area contributed by atoms with Gasteiger partial charge in [0.05, 0.1) is 18.6 Å². The molecule has 7 heteroatoms. The number of aliphatic hydroxyl groups is 1. The molecule has 2 atom stereocenters. The van der Waals surface area contributed by atoms with Crippen LogP contribution in [0.2, 0.25) is 0 Å². The van der Waals surface area contributed by atoms with Crippen molar-refractivity contribution in [2.45, 2.75) is 32.0 Å². The van der Waals surface area contributed by atoms with Crippen molar-refractivity contribution in [1.82, 2.24) is 4.90 Å². The highest BCUT2D eigenvalue weighted by Crippen LogP contribution is 2.26. The molecule has 1 aliphatic rings. The Morgan fingerprint density at radius 3 is 2.45 bits per heavy atom. The van der Waals surface area contributed by atoms with Crippen LogP contribution in [0.15, 0.2) is 48.5 Å². The molecule has 1 aliphatic heterocycles. The smallest absolute Gasteiger partial charge is 0.161 e. The number of methoxy groups -OCH3 is 1. The average Bonchev–Trinajstić information content (AvgIpc) is 3.07. The summed E-state index contributed by atoms with van der Waals surface area (Å²) in [6, 6.07) is 15.4. The van der Waals surface area contributed by atoms with Gasteiger partial charge < -0.3 is 14.6 Å². The number of ether oxygens (including phenoxy) is 2. The summed E-state index contributed by atoms with van der Waals surface area (Å²) in [7, 11) is -1.44. The Bertz CT molecular complexity index is 898. The Morgan fingerprint density at radius 2 is 1.83 bits per heavy atom. The fraction of sp³-hybridized carbons (Fsp3) is 0.455. The second-order valence-corrected chi connectivity index (χ2v) is 9.82. The van der Waals surface area contributed by atoms with Gasteiger partial charge in [-0.25, -0.2) is 8.42 Å². The van der Waals surface area contributed by atoms with Crippen LogP contribution in [0.3, 0.4) is 0 Å². The summed E-state index contributed by atoms with van der Waals surface area (Å²) in [5.74, 6) is 1.52. The second kappa shape index (κ2) is 9.61. The first kappa shape index (κ1) is 21.6. The normalized spacial score (nSPS) is 19.2. The van der Waals surface area contributed by atoms with Gasteiger partial charge in [-0.05, 0) is 31.0 Å². The van der Waals surface area contributed by atoms with E-state index in [-0.39, 0.29) is 24.2 Å². The van der Waals surface area contributed by atoms with Crippen LogP contribution in [0.1, 0.15) is 17.5 Å². The molecule has 0 unspecified atom stereocenters. The van der Waals surface area contributed by atoms with Gasteiger partial charge >= 0.3 is 0 Å². The van der Waals surface area contributed by atoms with Crippen molar-refractivity contribution in [3.63, 3.8) is 0 Å². The van der Waals surface area contributed by atoms with E-state index in [2.05, 4.69) is 4.90 Å². The highest BCUT2D eigenvalue weighted by Gasteiger charge is 2.33. The number of hydrogen-bond acceptors (Lipinski definition) is 6. The Morgan fingerprint density at radius 1 is 1.14 bits per heavy atom. The van der Waals surface area contributed by atoms with Crippen molar-refractivity contribution in [2.75, 3.05) is 31.8 Å². The Labute approximate surface area is 173 Å². The van der Waals surface area contributed by atoms with E-state index in [0.29, 0.717) is 31.0 Å². The molecule has 1 N–H and O–H groups in total. The van der Waals surface area contributed by atoms with Gasteiger partial charge in [0.15, 0.2) is 21.3 Å². The summed E-state index contributed by atoms with van der Waals surface area (Å²) in [5, 5.41) is 10.6. The van der Waals surface area contributed by atoms with Crippen LogP contribution in [0, 0.1) is 6.92 Å². The quantitative estimate of drug-likeness (QED) is 0.673. The zero-order valence-corrected chi connectivity index (χ0v) is 17.8. The first-order valence-electron chi connectivity index (χ1n) is 9.80. The number of aryl methyl sites for hydroxylation is 1. The summed E-state index contributed by atoms with van der Waals surface area (Å²) in [5.41, 5.74) is 2.27. The molecular formula is C22H29NO5S. The standard InChI is InChI=1S/C22H29NO5S/c1-17-7-9-18(10-8-17)13-23(19-11-12-29(25,26)16-19)14-20(24)15-28-22-6-4-3-5-21(22)27-2/h3-10,19-20,24H,11-16H2,1-2H3/t19-,20-/m0/s1. The van der Waals surface area contributed by atoms with Gasteiger partial charge in [-0.2, -0.15) is 0 Å². The van der Waals surface area contributed by atoms with Crippen LogP contribution in [0.4, 0.5) is 0 Å². The molecule has 1 saturated heterocycles. The molecule has 0 amide bonds. The van der Waals surface area contributed by atoms with Gasteiger partial charge in [-0.3, -0.25) is 4.90 Å². The molecule has 2 aromatic carbocycles. The van der Waals surface area contributed by atoms with E-state index in [9.17, 15) is 13.5 Å². The van der Waals surface area contributed by atoms with Gasteiger partial charge in [0.25, 0.3) is 0 Å². The number of para-hydroxylation sites is 2. The zero-order valence-electron chi connectivity index (χ0n) is 17.0. The minimum absolute atomic E-state index is 0.0952. The van der Waals surface area contributed by atoms with Gasteiger partial charge in [-0.15, -0.1) is 0 Å². The molecule has 2 aromatic rings. The van der Waals surface area contributed by atoms with E-state index in [4.69, 9.17) is 9.47 Å². The van der Waals surface area contributed by atoms with E-state index in [0.717, 1.165) is 5.56 Å². The summed E-state index contributed by atoms with van der Waals surface area (Å²) in [6.07, 6.45) is -0.164. The van der Waals surface area contributed by atoms with E-state index in [1.807, 2.05) is 43.3 Å². The predicted molar refractivity (Wildman–Crippen MR) is 113 cm³/mol. The first-order chi connectivity index (χ1) is 13.9. The number of rotatable bonds is 9. The van der Waals surface area contributed by atoms with Gasteiger partial charge in [0.1, 0.15) is 12.7 Å². The van der Waals surface area contributed by atoms with Gasteiger partial charge in [0.2, 0.25) is 0 Å². The Kier molecular flexibility index (Phi) is 7.16. The number of hydrogen-bond donors (Lipinski definition) is 1.